The van der Waals surface area contributed by atoms with Gasteiger partial charge < -0.3 is 4.74 Å². The fraction of sp³-hybridized carbons (Fsp3) is 0.562. The maximum absolute atomic E-state index is 12.7. The van der Waals surface area contributed by atoms with Crippen molar-refractivity contribution in [1.82, 2.24) is 0 Å². The largest absolute Gasteiger partial charge is 0.489 e. The molecule has 0 radical (unpaired) electrons. The van der Waals surface area contributed by atoms with Crippen molar-refractivity contribution in [2.24, 2.45) is 11.8 Å². The quantitative estimate of drug-likeness (QED) is 0.802. The zero-order chi connectivity index (χ0) is 15.5. The molecule has 1 aromatic rings. The van der Waals surface area contributed by atoms with E-state index in [4.69, 9.17) is 4.74 Å². The summed E-state index contributed by atoms with van der Waals surface area (Å²) in [6.45, 7) is 2.08. The monoisotopic (exact) mass is 297 g/mol. The van der Waals surface area contributed by atoms with Crippen molar-refractivity contribution >= 4 is 0 Å². The van der Waals surface area contributed by atoms with Gasteiger partial charge in [0.15, 0.2) is 0 Å². The highest BCUT2D eigenvalue weighted by Crippen LogP contribution is 2.35. The Bertz CT molecular complexity index is 521. The van der Waals surface area contributed by atoms with Gasteiger partial charge in [0.25, 0.3) is 0 Å². The third-order valence-corrected chi connectivity index (χ3v) is 4.09. The third kappa shape index (κ3) is 3.90. The van der Waals surface area contributed by atoms with Crippen LogP contribution in [0.1, 0.15) is 38.2 Å². The predicted molar refractivity (Wildman–Crippen MR) is 72.6 cm³/mol. The third-order valence-electron chi connectivity index (χ3n) is 4.09. The molecular weight excluding hydrogens is 279 g/mol. The van der Waals surface area contributed by atoms with E-state index in [2.05, 4.69) is 13.0 Å². The molecule has 1 aliphatic rings. The number of hydrogen-bond donors (Lipinski definition) is 0. The molecule has 21 heavy (non-hydrogen) atoms. The van der Waals surface area contributed by atoms with Crippen LogP contribution in [0.4, 0.5) is 13.2 Å². The van der Waals surface area contributed by atoms with Gasteiger partial charge in [0, 0.05) is 0 Å². The summed E-state index contributed by atoms with van der Waals surface area (Å²) < 4.78 is 43.8. The summed E-state index contributed by atoms with van der Waals surface area (Å²) >= 11 is 0. The van der Waals surface area contributed by atoms with E-state index in [1.807, 2.05) is 0 Å². The van der Waals surface area contributed by atoms with Gasteiger partial charge in [-0.3, -0.25) is 0 Å². The second kappa shape index (κ2) is 6.38. The molecule has 1 aliphatic carbocycles. The highest BCUT2D eigenvalue weighted by molar-refractivity contribution is 5.30. The van der Waals surface area contributed by atoms with Crippen LogP contribution < -0.4 is 4.74 Å². The van der Waals surface area contributed by atoms with Crippen molar-refractivity contribution in [2.75, 3.05) is 0 Å². The number of halogens is 3. The molecule has 0 aliphatic heterocycles. The summed E-state index contributed by atoms with van der Waals surface area (Å²) in [6.07, 6.45) is -1.24. The van der Waals surface area contributed by atoms with E-state index < -0.39 is 11.7 Å². The zero-order valence-electron chi connectivity index (χ0n) is 11.9. The Kier molecular flexibility index (Phi) is 4.76. The lowest BCUT2D eigenvalue weighted by atomic mass is 9.79. The van der Waals surface area contributed by atoms with Gasteiger partial charge in [-0.25, -0.2) is 0 Å². The molecule has 0 amide bonds. The molecule has 2 nitrogen and oxygen atoms in total. The maximum atomic E-state index is 12.7. The standard InChI is InChI=1S/C16H18F3NO/c1-2-11-6-7-12(10-20)15(8-11)21-14-5-3-4-13(9-14)16(17,18)19/h3-5,9,11-12,15H,2,6-8H2,1H3. The number of rotatable bonds is 3. The van der Waals surface area contributed by atoms with E-state index in [0.717, 1.165) is 37.8 Å². The van der Waals surface area contributed by atoms with Gasteiger partial charge in [-0.2, -0.15) is 18.4 Å². The fourth-order valence-corrected chi connectivity index (χ4v) is 2.78. The molecule has 114 valence electrons. The second-order valence-corrected chi connectivity index (χ2v) is 5.50. The SMILES string of the molecule is CCC1CCC(C#N)C(Oc2cccc(C(F)(F)F)c2)C1. The smallest absolute Gasteiger partial charge is 0.416 e. The fourth-order valence-electron chi connectivity index (χ4n) is 2.78. The minimum atomic E-state index is -4.38. The molecule has 0 saturated heterocycles. The molecule has 3 unspecified atom stereocenters. The van der Waals surface area contributed by atoms with Crippen molar-refractivity contribution in [3.63, 3.8) is 0 Å². The first kappa shape index (κ1) is 15.7. The van der Waals surface area contributed by atoms with Crippen LogP contribution in [0.3, 0.4) is 0 Å². The molecule has 2 rings (SSSR count). The molecule has 0 N–H and O–H groups in total. The van der Waals surface area contributed by atoms with Crippen LogP contribution in [0.25, 0.3) is 0 Å². The van der Waals surface area contributed by atoms with Crippen molar-refractivity contribution in [2.45, 2.75) is 44.9 Å². The van der Waals surface area contributed by atoms with Crippen LogP contribution in [0.5, 0.6) is 5.75 Å². The second-order valence-electron chi connectivity index (χ2n) is 5.50. The average molecular weight is 297 g/mol. The number of benzene rings is 1. The molecule has 3 atom stereocenters. The minimum absolute atomic E-state index is 0.187. The van der Waals surface area contributed by atoms with Gasteiger partial charge in [0.2, 0.25) is 0 Å². The van der Waals surface area contributed by atoms with E-state index in [-0.39, 0.29) is 17.8 Å². The summed E-state index contributed by atoms with van der Waals surface area (Å²) in [5, 5.41) is 9.17. The predicted octanol–water partition coefficient (Wildman–Crippen LogP) is 4.80. The maximum Gasteiger partial charge on any atom is 0.416 e. The van der Waals surface area contributed by atoms with Crippen LogP contribution in [0.15, 0.2) is 24.3 Å². The van der Waals surface area contributed by atoms with Gasteiger partial charge >= 0.3 is 6.18 Å². The molecule has 0 bridgehead atoms. The first-order valence-electron chi connectivity index (χ1n) is 7.17. The number of hydrogen-bond acceptors (Lipinski definition) is 2. The van der Waals surface area contributed by atoms with Crippen molar-refractivity contribution in [3.8, 4) is 11.8 Å². The highest BCUT2D eigenvalue weighted by Gasteiger charge is 2.33. The number of alkyl halides is 3. The van der Waals surface area contributed by atoms with Crippen LogP contribution in [-0.2, 0) is 6.18 Å². The molecule has 1 aromatic carbocycles. The Hall–Kier alpha value is -1.70. The summed E-state index contributed by atoms with van der Waals surface area (Å²) in [7, 11) is 0. The lowest BCUT2D eigenvalue weighted by Crippen LogP contribution is -2.33. The Labute approximate surface area is 122 Å². The summed E-state index contributed by atoms with van der Waals surface area (Å²) in [5.74, 6) is 0.416. The molecule has 0 heterocycles. The Morgan fingerprint density at radius 1 is 1.33 bits per heavy atom. The Balaban J connectivity index is 2.14. The normalized spacial score (nSPS) is 26.1. The summed E-state index contributed by atoms with van der Waals surface area (Å²) in [5.41, 5.74) is -0.726. The molecule has 1 saturated carbocycles. The van der Waals surface area contributed by atoms with E-state index in [0.29, 0.717) is 5.92 Å². The molecule has 0 aromatic heterocycles. The van der Waals surface area contributed by atoms with E-state index >= 15 is 0 Å². The van der Waals surface area contributed by atoms with Crippen molar-refractivity contribution in [3.05, 3.63) is 29.8 Å². The summed E-state index contributed by atoms with van der Waals surface area (Å²) in [4.78, 5) is 0. The van der Waals surface area contributed by atoms with E-state index in [1.54, 1.807) is 0 Å². The van der Waals surface area contributed by atoms with Crippen LogP contribution >= 0.6 is 0 Å². The van der Waals surface area contributed by atoms with E-state index in [1.165, 1.54) is 12.1 Å². The number of nitriles is 1. The minimum Gasteiger partial charge on any atom is -0.489 e. The van der Waals surface area contributed by atoms with Gasteiger partial charge in [-0.1, -0.05) is 19.4 Å². The van der Waals surface area contributed by atoms with Crippen LogP contribution in [-0.4, -0.2) is 6.10 Å². The van der Waals surface area contributed by atoms with Crippen LogP contribution in [0, 0.1) is 23.2 Å². The highest BCUT2D eigenvalue weighted by atomic mass is 19.4. The summed E-state index contributed by atoms with van der Waals surface area (Å²) in [6, 6.07) is 7.08. The molecule has 0 spiro atoms. The molecular formula is C16H18F3NO. The average Bonchev–Trinajstić information content (AvgIpc) is 2.46. The van der Waals surface area contributed by atoms with Crippen LogP contribution in [0.2, 0.25) is 0 Å². The lowest BCUT2D eigenvalue weighted by Gasteiger charge is -2.32. The Morgan fingerprint density at radius 2 is 2.10 bits per heavy atom. The van der Waals surface area contributed by atoms with Crippen molar-refractivity contribution in [1.29, 1.82) is 5.26 Å². The van der Waals surface area contributed by atoms with Gasteiger partial charge in [-0.05, 0) is 43.4 Å². The van der Waals surface area contributed by atoms with Gasteiger partial charge in [0.1, 0.15) is 11.9 Å². The Morgan fingerprint density at radius 3 is 2.71 bits per heavy atom. The van der Waals surface area contributed by atoms with Gasteiger partial charge in [0.05, 0.1) is 17.6 Å². The molecule has 1 fully saturated rings. The van der Waals surface area contributed by atoms with E-state index in [9.17, 15) is 18.4 Å². The molecule has 5 heteroatoms. The van der Waals surface area contributed by atoms with Crippen molar-refractivity contribution < 1.29 is 17.9 Å². The zero-order valence-corrected chi connectivity index (χ0v) is 11.9. The topological polar surface area (TPSA) is 33.0 Å². The number of ether oxygens (including phenoxy) is 1. The number of nitrogens with zero attached hydrogens (tertiary/aromatic N) is 1. The lowest BCUT2D eigenvalue weighted by molar-refractivity contribution is -0.137. The first-order valence-corrected chi connectivity index (χ1v) is 7.17. The van der Waals surface area contributed by atoms with Gasteiger partial charge in [-0.15, -0.1) is 0 Å². The first-order chi connectivity index (χ1) is 9.94.